The molecule has 0 saturated heterocycles. The average Bonchev–Trinajstić information content (AvgIpc) is 2.77. The molecule has 162 valence electrons. The fourth-order valence-corrected chi connectivity index (χ4v) is 4.07. The monoisotopic (exact) mass is 425 g/mol. The van der Waals surface area contributed by atoms with E-state index in [2.05, 4.69) is 34.6 Å². The van der Waals surface area contributed by atoms with E-state index in [1.807, 2.05) is 38.1 Å². The zero-order chi connectivity index (χ0) is 22.7. The van der Waals surface area contributed by atoms with Crippen LogP contribution < -0.4 is 11.1 Å². The number of pyridine rings is 1. The van der Waals surface area contributed by atoms with Gasteiger partial charge < -0.3 is 16.2 Å². The average molecular weight is 426 g/mol. The zero-order valence-corrected chi connectivity index (χ0v) is 18.3. The third-order valence-corrected chi connectivity index (χ3v) is 5.76. The van der Waals surface area contributed by atoms with Crippen molar-refractivity contribution in [1.29, 1.82) is 0 Å². The minimum absolute atomic E-state index is 0.219. The van der Waals surface area contributed by atoms with Crippen molar-refractivity contribution in [3.63, 3.8) is 0 Å². The number of nitrogens with two attached hydrogens (primary N) is 1. The molecule has 0 aliphatic rings. The first-order chi connectivity index (χ1) is 15.4. The van der Waals surface area contributed by atoms with E-state index in [-0.39, 0.29) is 11.7 Å². The van der Waals surface area contributed by atoms with Crippen LogP contribution in [0.3, 0.4) is 0 Å². The molecule has 4 aromatic rings. The van der Waals surface area contributed by atoms with Crippen LogP contribution in [0, 0.1) is 13.8 Å². The Balaban J connectivity index is 1.55. The van der Waals surface area contributed by atoms with E-state index in [4.69, 9.17) is 5.73 Å². The third kappa shape index (κ3) is 4.79. The van der Waals surface area contributed by atoms with Gasteiger partial charge in [-0.25, -0.2) is 0 Å². The molecule has 5 heteroatoms. The van der Waals surface area contributed by atoms with Gasteiger partial charge in [-0.1, -0.05) is 36.4 Å². The fraction of sp³-hybridized carbons (Fsp3) is 0.185. The van der Waals surface area contributed by atoms with Gasteiger partial charge in [0.2, 0.25) is 5.91 Å². The van der Waals surface area contributed by atoms with E-state index in [0.29, 0.717) is 12.1 Å². The molecule has 4 N–H and O–H groups in total. The van der Waals surface area contributed by atoms with Crippen molar-refractivity contribution in [3.05, 3.63) is 101 Å². The summed E-state index contributed by atoms with van der Waals surface area (Å²) in [5.41, 5.74) is 13.0. The smallest absolute Gasteiger partial charge is 0.241 e. The number of phenols is 1. The number of nitrogens with one attached hydrogen (secondary N) is 1. The van der Waals surface area contributed by atoms with E-state index in [1.165, 1.54) is 5.56 Å². The number of aromatic nitrogens is 1. The summed E-state index contributed by atoms with van der Waals surface area (Å²) in [6.07, 6.45) is 2.89. The SMILES string of the molecule is Cc1cc(O)cc(C)c1C[C@H](N)C(=O)Nc1ccnc2ccc(Cc3ccccc3)cc12. The first kappa shape index (κ1) is 21.5. The molecule has 0 fully saturated rings. The number of amides is 1. The van der Waals surface area contributed by atoms with Crippen LogP contribution in [0.1, 0.15) is 27.8 Å². The van der Waals surface area contributed by atoms with Gasteiger partial charge >= 0.3 is 0 Å². The maximum Gasteiger partial charge on any atom is 0.241 e. The molecule has 0 aliphatic carbocycles. The highest BCUT2D eigenvalue weighted by Gasteiger charge is 2.18. The molecule has 0 radical (unpaired) electrons. The number of hydrogen-bond donors (Lipinski definition) is 3. The van der Waals surface area contributed by atoms with Gasteiger partial charge in [-0.05, 0) is 84.8 Å². The van der Waals surface area contributed by atoms with Crippen LogP contribution in [-0.4, -0.2) is 22.0 Å². The topological polar surface area (TPSA) is 88.2 Å². The Kier molecular flexibility index (Phi) is 6.19. The van der Waals surface area contributed by atoms with Crippen molar-refractivity contribution in [3.8, 4) is 5.75 Å². The van der Waals surface area contributed by atoms with E-state index in [1.54, 1.807) is 24.4 Å². The van der Waals surface area contributed by atoms with Crippen LogP contribution >= 0.6 is 0 Å². The number of carbonyl (C=O) groups excluding carboxylic acids is 1. The van der Waals surface area contributed by atoms with E-state index < -0.39 is 6.04 Å². The Morgan fingerprint density at radius 1 is 1.00 bits per heavy atom. The predicted octanol–water partition coefficient (Wildman–Crippen LogP) is 4.66. The molecule has 0 unspecified atom stereocenters. The number of nitrogens with zero attached hydrogens (tertiary/aromatic N) is 1. The lowest BCUT2D eigenvalue weighted by Crippen LogP contribution is -2.37. The summed E-state index contributed by atoms with van der Waals surface area (Å²) in [4.78, 5) is 17.4. The molecule has 4 rings (SSSR count). The van der Waals surface area contributed by atoms with Crippen LogP contribution in [-0.2, 0) is 17.6 Å². The molecule has 1 aromatic heterocycles. The number of rotatable bonds is 6. The molecular formula is C27H27N3O2. The number of carbonyl (C=O) groups is 1. The first-order valence-electron chi connectivity index (χ1n) is 10.7. The molecule has 5 nitrogen and oxygen atoms in total. The van der Waals surface area contributed by atoms with Crippen molar-refractivity contribution in [2.45, 2.75) is 32.7 Å². The predicted molar refractivity (Wildman–Crippen MR) is 129 cm³/mol. The number of fused-ring (bicyclic) bond motifs is 1. The standard InChI is InChI=1S/C27H27N3O2/c1-17-12-21(31)13-18(2)22(17)16-24(28)27(32)30-26-10-11-29-25-9-8-20(15-23(25)26)14-19-6-4-3-5-7-19/h3-13,15,24,31H,14,16,28H2,1-2H3,(H,29,30,32)/t24-/m0/s1. The molecule has 0 aliphatic heterocycles. The highest BCUT2D eigenvalue weighted by molar-refractivity contribution is 6.03. The first-order valence-corrected chi connectivity index (χ1v) is 10.7. The summed E-state index contributed by atoms with van der Waals surface area (Å²) < 4.78 is 0. The Morgan fingerprint density at radius 3 is 2.44 bits per heavy atom. The number of benzene rings is 3. The third-order valence-electron chi connectivity index (χ3n) is 5.76. The second kappa shape index (κ2) is 9.20. The van der Waals surface area contributed by atoms with Crippen molar-refractivity contribution in [2.24, 2.45) is 5.73 Å². The largest absolute Gasteiger partial charge is 0.508 e. The molecule has 0 spiro atoms. The Bertz CT molecular complexity index is 1250. The van der Waals surface area contributed by atoms with Gasteiger partial charge in [0.1, 0.15) is 5.75 Å². The van der Waals surface area contributed by atoms with Gasteiger partial charge in [-0.2, -0.15) is 0 Å². The lowest BCUT2D eigenvalue weighted by Gasteiger charge is -2.17. The lowest BCUT2D eigenvalue weighted by molar-refractivity contribution is -0.117. The molecule has 1 heterocycles. The number of aryl methyl sites for hydroxylation is 2. The normalized spacial score (nSPS) is 12.0. The summed E-state index contributed by atoms with van der Waals surface area (Å²) in [5, 5.41) is 13.6. The van der Waals surface area contributed by atoms with E-state index in [0.717, 1.165) is 39.6 Å². The van der Waals surface area contributed by atoms with Crippen molar-refractivity contribution >= 4 is 22.5 Å². The number of hydrogen-bond acceptors (Lipinski definition) is 4. The van der Waals surface area contributed by atoms with Gasteiger partial charge in [-0.15, -0.1) is 0 Å². The van der Waals surface area contributed by atoms with Crippen molar-refractivity contribution in [1.82, 2.24) is 4.98 Å². The summed E-state index contributed by atoms with van der Waals surface area (Å²) in [7, 11) is 0. The zero-order valence-electron chi connectivity index (χ0n) is 18.3. The highest BCUT2D eigenvalue weighted by atomic mass is 16.3. The molecular weight excluding hydrogens is 398 g/mol. The maximum absolute atomic E-state index is 12.9. The van der Waals surface area contributed by atoms with Gasteiger partial charge in [0.25, 0.3) is 0 Å². The second-order valence-electron chi connectivity index (χ2n) is 8.23. The Labute approximate surface area is 187 Å². The van der Waals surface area contributed by atoms with Crippen LogP contribution in [0.15, 0.2) is 72.9 Å². The number of phenolic OH excluding ortho intramolecular Hbond substituents is 1. The van der Waals surface area contributed by atoms with Crippen LogP contribution in [0.5, 0.6) is 5.75 Å². The fourth-order valence-electron chi connectivity index (χ4n) is 4.07. The summed E-state index contributed by atoms with van der Waals surface area (Å²) in [6, 6.07) is 20.9. The minimum atomic E-state index is -0.715. The van der Waals surface area contributed by atoms with Gasteiger partial charge in [0, 0.05) is 11.6 Å². The molecule has 1 amide bonds. The van der Waals surface area contributed by atoms with Gasteiger partial charge in [0.05, 0.1) is 17.2 Å². The minimum Gasteiger partial charge on any atom is -0.508 e. The number of aromatic hydroxyl groups is 1. The van der Waals surface area contributed by atoms with Crippen LogP contribution in [0.4, 0.5) is 5.69 Å². The summed E-state index contributed by atoms with van der Waals surface area (Å²) in [6.45, 7) is 3.83. The number of anilines is 1. The van der Waals surface area contributed by atoms with Crippen LogP contribution in [0.2, 0.25) is 0 Å². The summed E-state index contributed by atoms with van der Waals surface area (Å²) in [5.74, 6) is -0.0332. The lowest BCUT2D eigenvalue weighted by atomic mass is 9.96. The maximum atomic E-state index is 12.9. The molecule has 32 heavy (non-hydrogen) atoms. The van der Waals surface area contributed by atoms with Crippen LogP contribution in [0.25, 0.3) is 10.9 Å². The Morgan fingerprint density at radius 2 is 1.72 bits per heavy atom. The van der Waals surface area contributed by atoms with E-state index in [9.17, 15) is 9.90 Å². The van der Waals surface area contributed by atoms with Crippen molar-refractivity contribution in [2.75, 3.05) is 5.32 Å². The summed E-state index contributed by atoms with van der Waals surface area (Å²) >= 11 is 0. The highest BCUT2D eigenvalue weighted by Crippen LogP contribution is 2.25. The quantitative estimate of drug-likeness (QED) is 0.419. The Hall–Kier alpha value is -3.70. The molecule has 0 bridgehead atoms. The molecule has 0 saturated carbocycles. The molecule has 1 atom stereocenters. The molecule has 3 aromatic carbocycles. The van der Waals surface area contributed by atoms with E-state index >= 15 is 0 Å². The van der Waals surface area contributed by atoms with Gasteiger partial charge in [-0.3, -0.25) is 9.78 Å². The van der Waals surface area contributed by atoms with Gasteiger partial charge in [0.15, 0.2) is 0 Å². The van der Waals surface area contributed by atoms with Crippen molar-refractivity contribution < 1.29 is 9.90 Å². The second-order valence-corrected chi connectivity index (χ2v) is 8.23.